The number of guanidine groups is 1. The Morgan fingerprint density at radius 3 is 2.77 bits per heavy atom. The third kappa shape index (κ3) is 5.70. The van der Waals surface area contributed by atoms with Gasteiger partial charge in [-0.25, -0.2) is 9.38 Å². The van der Waals surface area contributed by atoms with E-state index < -0.39 is 17.6 Å². The van der Waals surface area contributed by atoms with E-state index in [0.29, 0.717) is 31.5 Å². The van der Waals surface area contributed by atoms with E-state index in [1.165, 1.54) is 6.42 Å². The zero-order valence-corrected chi connectivity index (χ0v) is 16.9. The highest BCUT2D eigenvalue weighted by Gasteiger charge is 2.33. The molecule has 0 saturated heterocycles. The first-order valence-electron chi connectivity index (χ1n) is 10.2. The minimum absolute atomic E-state index is 0.0797. The molecular weight excluding hydrogens is 400 g/mol. The minimum atomic E-state index is -4.63. The second kappa shape index (κ2) is 9.90. The summed E-state index contributed by atoms with van der Waals surface area (Å²) >= 11 is 0. The third-order valence-electron chi connectivity index (χ3n) is 4.96. The number of fused-ring (bicyclic) bond motifs is 1. The molecule has 0 unspecified atom stereocenters. The molecule has 2 heterocycles. The summed E-state index contributed by atoms with van der Waals surface area (Å²) in [6.07, 6.45) is 0.336. The van der Waals surface area contributed by atoms with E-state index in [9.17, 15) is 17.6 Å². The van der Waals surface area contributed by atoms with Crippen LogP contribution in [0, 0.1) is 5.82 Å². The maximum Gasteiger partial charge on any atom is 0.416 e. The van der Waals surface area contributed by atoms with Crippen LogP contribution >= 0.6 is 0 Å². The molecule has 0 saturated carbocycles. The van der Waals surface area contributed by atoms with Gasteiger partial charge in [0.2, 0.25) is 0 Å². The van der Waals surface area contributed by atoms with E-state index in [2.05, 4.69) is 30.4 Å². The number of aromatic nitrogens is 3. The van der Waals surface area contributed by atoms with Crippen LogP contribution in [0.2, 0.25) is 0 Å². The molecule has 0 spiro atoms. The fourth-order valence-corrected chi connectivity index (χ4v) is 3.48. The average Bonchev–Trinajstić information content (AvgIpc) is 2.92. The van der Waals surface area contributed by atoms with Crippen LogP contribution in [-0.4, -0.2) is 33.8 Å². The standard InChI is InChI=1S/C20H26F4N6/c1-2-25-19(27-13-14-7-8-15(21)12-16(14)20(22,23)24)26-10-9-18-29-28-17-6-4-3-5-11-30(17)18/h7-8,12H,2-6,9-11,13H2,1H3,(H2,25,26,27). The van der Waals surface area contributed by atoms with Crippen LogP contribution in [0.1, 0.15) is 49.0 Å². The van der Waals surface area contributed by atoms with Gasteiger partial charge in [0.15, 0.2) is 5.96 Å². The number of aryl methyl sites for hydroxylation is 1. The van der Waals surface area contributed by atoms with Crippen LogP contribution in [-0.2, 0) is 32.1 Å². The first-order valence-corrected chi connectivity index (χ1v) is 10.2. The lowest BCUT2D eigenvalue weighted by atomic mass is 10.1. The lowest BCUT2D eigenvalue weighted by molar-refractivity contribution is -0.138. The first kappa shape index (κ1) is 22.0. The van der Waals surface area contributed by atoms with E-state index in [4.69, 9.17) is 0 Å². The lowest BCUT2D eigenvalue weighted by Crippen LogP contribution is -2.38. The van der Waals surface area contributed by atoms with Crippen LogP contribution < -0.4 is 10.6 Å². The number of aliphatic imine (C=N–C) groups is 1. The fourth-order valence-electron chi connectivity index (χ4n) is 3.48. The third-order valence-corrected chi connectivity index (χ3v) is 4.96. The Hall–Kier alpha value is -2.65. The van der Waals surface area contributed by atoms with E-state index in [0.717, 1.165) is 49.6 Å². The van der Waals surface area contributed by atoms with Crippen LogP contribution in [0.3, 0.4) is 0 Å². The van der Waals surface area contributed by atoms with Gasteiger partial charge in [0.05, 0.1) is 12.1 Å². The number of halogens is 4. The van der Waals surface area contributed by atoms with Crippen LogP contribution in [0.15, 0.2) is 23.2 Å². The number of hydrogen-bond donors (Lipinski definition) is 2. The van der Waals surface area contributed by atoms with Crippen molar-refractivity contribution in [3.8, 4) is 0 Å². The molecule has 30 heavy (non-hydrogen) atoms. The molecule has 6 nitrogen and oxygen atoms in total. The average molecular weight is 426 g/mol. The molecule has 1 aromatic carbocycles. The summed E-state index contributed by atoms with van der Waals surface area (Å²) in [5.74, 6) is 1.38. The van der Waals surface area contributed by atoms with E-state index in [-0.39, 0.29) is 12.1 Å². The highest BCUT2D eigenvalue weighted by Crippen LogP contribution is 2.32. The van der Waals surface area contributed by atoms with E-state index >= 15 is 0 Å². The van der Waals surface area contributed by atoms with Crippen molar-refractivity contribution in [3.63, 3.8) is 0 Å². The van der Waals surface area contributed by atoms with Crippen molar-refractivity contribution in [3.05, 3.63) is 46.8 Å². The van der Waals surface area contributed by atoms with Gasteiger partial charge in [0.25, 0.3) is 0 Å². The van der Waals surface area contributed by atoms with Gasteiger partial charge in [-0.05, 0) is 37.5 Å². The van der Waals surface area contributed by atoms with E-state index in [1.54, 1.807) is 0 Å². The smallest absolute Gasteiger partial charge is 0.357 e. The van der Waals surface area contributed by atoms with Crippen molar-refractivity contribution in [2.75, 3.05) is 13.1 Å². The summed E-state index contributed by atoms with van der Waals surface area (Å²) in [5.41, 5.74) is -1.09. The van der Waals surface area contributed by atoms with Gasteiger partial charge in [-0.3, -0.25) is 0 Å². The number of rotatable bonds is 6. The summed E-state index contributed by atoms with van der Waals surface area (Å²) in [6.45, 7) is 3.64. The van der Waals surface area contributed by atoms with Crippen molar-refractivity contribution >= 4 is 5.96 Å². The van der Waals surface area contributed by atoms with Crippen molar-refractivity contribution in [1.82, 2.24) is 25.4 Å². The quantitative estimate of drug-likeness (QED) is 0.422. The fraction of sp³-hybridized carbons (Fsp3) is 0.550. The SMILES string of the molecule is CCNC(=NCc1ccc(F)cc1C(F)(F)F)NCCc1nnc2n1CCCCC2. The van der Waals surface area contributed by atoms with Gasteiger partial charge in [0.1, 0.15) is 17.5 Å². The molecule has 2 N–H and O–H groups in total. The van der Waals surface area contributed by atoms with Gasteiger partial charge in [-0.15, -0.1) is 10.2 Å². The largest absolute Gasteiger partial charge is 0.416 e. The summed E-state index contributed by atoms with van der Waals surface area (Å²) in [5, 5.41) is 14.7. The highest BCUT2D eigenvalue weighted by molar-refractivity contribution is 5.79. The number of hydrogen-bond acceptors (Lipinski definition) is 3. The van der Waals surface area contributed by atoms with Gasteiger partial charge < -0.3 is 15.2 Å². The van der Waals surface area contributed by atoms with Crippen molar-refractivity contribution in [1.29, 1.82) is 0 Å². The molecule has 0 fully saturated rings. The molecule has 0 bridgehead atoms. The maximum atomic E-state index is 13.3. The van der Waals surface area contributed by atoms with Gasteiger partial charge in [0, 0.05) is 32.5 Å². The van der Waals surface area contributed by atoms with Crippen LogP contribution in [0.4, 0.5) is 17.6 Å². The Kier molecular flexibility index (Phi) is 7.28. The van der Waals surface area contributed by atoms with Gasteiger partial charge in [-0.1, -0.05) is 12.5 Å². The molecule has 0 radical (unpaired) electrons. The lowest BCUT2D eigenvalue weighted by Gasteiger charge is -2.14. The number of nitrogens with one attached hydrogen (secondary N) is 2. The minimum Gasteiger partial charge on any atom is -0.357 e. The number of alkyl halides is 3. The molecule has 0 amide bonds. The zero-order chi connectivity index (χ0) is 21.6. The predicted molar refractivity (Wildman–Crippen MR) is 106 cm³/mol. The predicted octanol–water partition coefficient (Wildman–Crippen LogP) is 3.46. The molecule has 10 heteroatoms. The first-order chi connectivity index (χ1) is 14.4. The highest BCUT2D eigenvalue weighted by atomic mass is 19.4. The van der Waals surface area contributed by atoms with Crippen molar-refractivity contribution in [2.45, 2.75) is 58.3 Å². The summed E-state index contributed by atoms with van der Waals surface area (Å²) in [6, 6.07) is 2.64. The molecule has 164 valence electrons. The van der Waals surface area contributed by atoms with Crippen molar-refractivity contribution < 1.29 is 17.6 Å². The molecule has 1 aromatic heterocycles. The second-order valence-corrected chi connectivity index (χ2v) is 7.17. The summed E-state index contributed by atoms with van der Waals surface area (Å²) in [7, 11) is 0. The van der Waals surface area contributed by atoms with Crippen LogP contribution in [0.5, 0.6) is 0 Å². The molecular formula is C20H26F4N6. The van der Waals surface area contributed by atoms with Gasteiger partial charge >= 0.3 is 6.18 Å². The second-order valence-electron chi connectivity index (χ2n) is 7.17. The number of benzene rings is 1. The summed E-state index contributed by atoms with van der Waals surface area (Å²) < 4.78 is 54.9. The Morgan fingerprint density at radius 2 is 2.00 bits per heavy atom. The monoisotopic (exact) mass is 426 g/mol. The molecule has 3 rings (SSSR count). The zero-order valence-electron chi connectivity index (χ0n) is 16.9. The molecule has 1 aliphatic rings. The Labute approximate surface area is 172 Å². The van der Waals surface area contributed by atoms with Gasteiger partial charge in [-0.2, -0.15) is 13.2 Å². The maximum absolute atomic E-state index is 13.3. The molecule has 2 aromatic rings. The Morgan fingerprint density at radius 1 is 1.17 bits per heavy atom. The van der Waals surface area contributed by atoms with Crippen LogP contribution in [0.25, 0.3) is 0 Å². The molecule has 1 aliphatic heterocycles. The number of nitrogens with zero attached hydrogens (tertiary/aromatic N) is 4. The Balaban J connectivity index is 1.64. The Bertz CT molecular complexity index is 875. The summed E-state index contributed by atoms with van der Waals surface area (Å²) in [4.78, 5) is 4.24. The molecule has 0 aliphatic carbocycles. The van der Waals surface area contributed by atoms with E-state index in [1.807, 2.05) is 6.92 Å². The molecule has 0 atom stereocenters. The normalized spacial score (nSPS) is 14.9. The topological polar surface area (TPSA) is 67.1 Å². The van der Waals surface area contributed by atoms with Crippen molar-refractivity contribution in [2.24, 2.45) is 4.99 Å².